The number of oxazole rings is 1. The summed E-state index contributed by atoms with van der Waals surface area (Å²) >= 11 is 0. The van der Waals surface area contributed by atoms with Crippen LogP contribution in [0.25, 0.3) is 0 Å². The van der Waals surface area contributed by atoms with Gasteiger partial charge < -0.3 is 19.2 Å². The van der Waals surface area contributed by atoms with Gasteiger partial charge in [0.1, 0.15) is 12.9 Å². The van der Waals surface area contributed by atoms with Gasteiger partial charge in [0, 0.05) is 19.2 Å². The van der Waals surface area contributed by atoms with Crippen molar-refractivity contribution in [1.29, 1.82) is 0 Å². The van der Waals surface area contributed by atoms with Crippen molar-refractivity contribution in [3.05, 3.63) is 12.0 Å². The Morgan fingerprint density at radius 3 is 2.89 bits per heavy atom. The fourth-order valence-electron chi connectivity index (χ4n) is 1.28. The van der Waals surface area contributed by atoms with Crippen molar-refractivity contribution in [3.8, 4) is 6.08 Å². The lowest BCUT2D eigenvalue weighted by atomic mass is 10.4. The third kappa shape index (κ3) is 6.61. The minimum absolute atomic E-state index is 0.314. The summed E-state index contributed by atoms with van der Waals surface area (Å²) < 4.78 is 15.9. The van der Waals surface area contributed by atoms with Crippen LogP contribution in [0.1, 0.15) is 39.3 Å². The molecule has 0 bridgehead atoms. The van der Waals surface area contributed by atoms with E-state index in [1.54, 1.807) is 6.26 Å². The smallest absolute Gasteiger partial charge is 0.393 e. The molecule has 1 heterocycles. The van der Waals surface area contributed by atoms with Crippen LogP contribution in [-0.4, -0.2) is 30.8 Å². The minimum Gasteiger partial charge on any atom is -0.448 e. The Kier molecular flexibility index (Phi) is 7.44. The van der Waals surface area contributed by atoms with Gasteiger partial charge in [-0.2, -0.15) is 4.98 Å². The second-order valence-corrected chi connectivity index (χ2v) is 4.45. The van der Waals surface area contributed by atoms with E-state index in [1.165, 1.54) is 0 Å². The number of rotatable bonds is 10. The summed E-state index contributed by atoms with van der Waals surface area (Å²) in [6.45, 7) is 8.84. The van der Waals surface area contributed by atoms with Crippen LogP contribution in [-0.2, 0) is 11.3 Å². The molecule has 5 heteroatoms. The summed E-state index contributed by atoms with van der Waals surface area (Å²) in [5, 5.41) is 3.26. The van der Waals surface area contributed by atoms with Gasteiger partial charge in [0.05, 0.1) is 12.3 Å². The van der Waals surface area contributed by atoms with Gasteiger partial charge in [-0.3, -0.25) is 0 Å². The lowest BCUT2D eigenvalue weighted by Crippen LogP contribution is -2.21. The number of hydrogen-bond acceptors (Lipinski definition) is 5. The molecule has 0 unspecified atom stereocenters. The van der Waals surface area contributed by atoms with Crippen LogP contribution in [0.15, 0.2) is 10.7 Å². The Labute approximate surface area is 109 Å². The first-order valence-corrected chi connectivity index (χ1v) is 6.60. The lowest BCUT2D eigenvalue weighted by Gasteiger charge is -2.04. The summed E-state index contributed by atoms with van der Waals surface area (Å²) in [4.78, 5) is 4.21. The first kappa shape index (κ1) is 15.0. The minimum atomic E-state index is 0.314. The van der Waals surface area contributed by atoms with E-state index in [4.69, 9.17) is 13.9 Å². The molecule has 0 aromatic carbocycles. The van der Waals surface area contributed by atoms with Crippen LogP contribution >= 0.6 is 0 Å². The highest BCUT2D eigenvalue weighted by Crippen LogP contribution is 2.09. The summed E-state index contributed by atoms with van der Waals surface area (Å²) in [5.74, 6) is 0. The van der Waals surface area contributed by atoms with E-state index >= 15 is 0 Å². The number of ether oxygens (including phenoxy) is 2. The first-order chi connectivity index (χ1) is 8.72. The van der Waals surface area contributed by atoms with Gasteiger partial charge in [0.25, 0.3) is 0 Å². The Balaban J connectivity index is 2.11. The molecular weight excluding hydrogens is 232 g/mol. The molecule has 0 fully saturated rings. The van der Waals surface area contributed by atoms with Crippen molar-refractivity contribution >= 4 is 0 Å². The highest BCUT2D eigenvalue weighted by atomic mass is 16.6. The van der Waals surface area contributed by atoms with Gasteiger partial charge in [-0.1, -0.05) is 27.2 Å². The van der Waals surface area contributed by atoms with Crippen molar-refractivity contribution < 1.29 is 13.9 Å². The highest BCUT2D eigenvalue weighted by molar-refractivity contribution is 4.99. The van der Waals surface area contributed by atoms with Crippen molar-refractivity contribution in [1.82, 2.24) is 10.3 Å². The second-order valence-electron chi connectivity index (χ2n) is 4.45. The monoisotopic (exact) mass is 256 g/mol. The standard InChI is InChI=1S/C13H24N2O3/c1-4-5-6-16-7-8-17-13-15-12(10-18-13)9-14-11(2)3/h10-11,14H,4-9H2,1-3H3. The molecule has 104 valence electrons. The Bertz CT molecular complexity index is 313. The van der Waals surface area contributed by atoms with E-state index < -0.39 is 0 Å². The van der Waals surface area contributed by atoms with Crippen LogP contribution in [0.5, 0.6) is 6.08 Å². The van der Waals surface area contributed by atoms with Crippen LogP contribution < -0.4 is 10.1 Å². The summed E-state index contributed by atoms with van der Waals surface area (Å²) in [6.07, 6.45) is 4.16. The molecule has 1 rings (SSSR count). The van der Waals surface area contributed by atoms with Crippen molar-refractivity contribution in [3.63, 3.8) is 0 Å². The number of unbranched alkanes of at least 4 members (excludes halogenated alkanes) is 1. The van der Waals surface area contributed by atoms with Gasteiger partial charge in [-0.05, 0) is 6.42 Å². The normalized spacial score (nSPS) is 11.1. The van der Waals surface area contributed by atoms with Crippen molar-refractivity contribution in [2.24, 2.45) is 0 Å². The first-order valence-electron chi connectivity index (χ1n) is 6.60. The SMILES string of the molecule is CCCCOCCOc1nc(CNC(C)C)co1. The zero-order chi connectivity index (χ0) is 13.2. The zero-order valence-electron chi connectivity index (χ0n) is 11.6. The maximum atomic E-state index is 5.37. The number of nitrogens with zero attached hydrogens (tertiary/aromatic N) is 1. The van der Waals surface area contributed by atoms with Gasteiger partial charge in [-0.15, -0.1) is 0 Å². The molecule has 0 aliphatic heterocycles. The van der Waals surface area contributed by atoms with Gasteiger partial charge in [0.2, 0.25) is 0 Å². The number of hydrogen-bond donors (Lipinski definition) is 1. The molecule has 5 nitrogen and oxygen atoms in total. The largest absolute Gasteiger partial charge is 0.448 e. The van der Waals surface area contributed by atoms with Crippen LogP contribution in [0.2, 0.25) is 0 Å². The van der Waals surface area contributed by atoms with Crippen molar-refractivity contribution in [2.75, 3.05) is 19.8 Å². The third-order valence-corrected chi connectivity index (χ3v) is 2.32. The molecule has 0 amide bonds. The van der Waals surface area contributed by atoms with Gasteiger partial charge in [-0.25, -0.2) is 0 Å². The van der Waals surface area contributed by atoms with Crippen LogP contribution in [0, 0.1) is 0 Å². The van der Waals surface area contributed by atoms with Gasteiger partial charge in [0.15, 0.2) is 0 Å². The zero-order valence-corrected chi connectivity index (χ0v) is 11.6. The predicted molar refractivity (Wildman–Crippen MR) is 69.7 cm³/mol. The molecule has 0 aliphatic rings. The van der Waals surface area contributed by atoms with E-state index in [1.807, 2.05) is 0 Å². The quantitative estimate of drug-likeness (QED) is 0.651. The second kappa shape index (κ2) is 8.94. The highest BCUT2D eigenvalue weighted by Gasteiger charge is 2.05. The Hall–Kier alpha value is -1.07. The van der Waals surface area contributed by atoms with E-state index in [-0.39, 0.29) is 0 Å². The molecule has 0 spiro atoms. The van der Waals surface area contributed by atoms with E-state index in [2.05, 4.69) is 31.1 Å². The van der Waals surface area contributed by atoms with E-state index in [0.29, 0.717) is 31.9 Å². The summed E-state index contributed by atoms with van der Waals surface area (Å²) in [7, 11) is 0. The molecule has 1 aromatic rings. The molecule has 0 atom stereocenters. The van der Waals surface area contributed by atoms with Gasteiger partial charge >= 0.3 is 6.08 Å². The number of nitrogens with one attached hydrogen (secondary N) is 1. The molecule has 0 saturated carbocycles. The van der Waals surface area contributed by atoms with Crippen LogP contribution in [0.3, 0.4) is 0 Å². The third-order valence-electron chi connectivity index (χ3n) is 2.32. The topological polar surface area (TPSA) is 56.5 Å². The molecule has 1 N–H and O–H groups in total. The maximum absolute atomic E-state index is 5.37. The lowest BCUT2D eigenvalue weighted by molar-refractivity contribution is 0.0864. The summed E-state index contributed by atoms with van der Waals surface area (Å²) in [6, 6.07) is 0.429. The molecule has 18 heavy (non-hydrogen) atoms. The Morgan fingerprint density at radius 2 is 2.17 bits per heavy atom. The average Bonchev–Trinajstić information content (AvgIpc) is 2.79. The Morgan fingerprint density at radius 1 is 1.33 bits per heavy atom. The fraction of sp³-hybridized carbons (Fsp3) is 0.769. The fourth-order valence-corrected chi connectivity index (χ4v) is 1.28. The molecule has 0 aliphatic carbocycles. The van der Waals surface area contributed by atoms with Crippen LogP contribution in [0.4, 0.5) is 0 Å². The predicted octanol–water partition coefficient (Wildman–Crippen LogP) is 2.37. The van der Waals surface area contributed by atoms with Crippen molar-refractivity contribution in [2.45, 2.75) is 46.2 Å². The molecule has 0 saturated heterocycles. The average molecular weight is 256 g/mol. The maximum Gasteiger partial charge on any atom is 0.393 e. The molecular formula is C13H24N2O3. The molecule has 1 aromatic heterocycles. The van der Waals surface area contributed by atoms with E-state index in [0.717, 1.165) is 25.1 Å². The number of aromatic nitrogens is 1. The summed E-state index contributed by atoms with van der Waals surface area (Å²) in [5.41, 5.74) is 0.852. The molecule has 0 radical (unpaired) electrons. The van der Waals surface area contributed by atoms with E-state index in [9.17, 15) is 0 Å².